The van der Waals surface area contributed by atoms with E-state index in [9.17, 15) is 14.4 Å². The molecule has 0 aromatic rings. The van der Waals surface area contributed by atoms with Gasteiger partial charge in [-0.25, -0.2) is 0 Å². The van der Waals surface area contributed by atoms with Crippen LogP contribution in [-0.2, 0) is 19.1 Å². The minimum atomic E-state index is -0.411. The van der Waals surface area contributed by atoms with Crippen LogP contribution in [0, 0.1) is 0 Å². The van der Waals surface area contributed by atoms with E-state index in [4.69, 9.17) is 9.47 Å². The molecule has 10 heteroatoms. The van der Waals surface area contributed by atoms with E-state index in [1.54, 1.807) is 0 Å². The van der Waals surface area contributed by atoms with Gasteiger partial charge in [-0.3, -0.25) is 14.4 Å². The number of amides is 1. The Balaban J connectivity index is 5.46. The lowest BCUT2D eigenvalue weighted by Gasteiger charge is -2.25. The number of unbranched alkanes of at least 4 members (excludes halogenated alkanes) is 18. The molecule has 8 nitrogen and oxygen atoms in total. The van der Waals surface area contributed by atoms with Gasteiger partial charge in [0, 0.05) is 5.75 Å². The SMILES string of the molecule is CCCCCCCC(CCCCCCC)OC(=O)CN(CC(=O)OC(CCCCCCC)CCCCCCCCCN(CC)CCCS)C(=O)SCCCN(CC)CC. The summed E-state index contributed by atoms with van der Waals surface area (Å²) in [5.41, 5.74) is 0. The van der Waals surface area contributed by atoms with Gasteiger partial charge in [0.15, 0.2) is 0 Å². The van der Waals surface area contributed by atoms with Crippen LogP contribution < -0.4 is 0 Å². The first-order valence-electron chi connectivity index (χ1n) is 25.1. The van der Waals surface area contributed by atoms with Crippen LogP contribution in [0.5, 0.6) is 0 Å². The second-order valence-corrected chi connectivity index (χ2v) is 18.5. The molecular formula is C49H97N3O5S2. The molecule has 1 unspecified atom stereocenters. The number of thiol groups is 1. The maximum absolute atomic E-state index is 13.7. The first-order valence-corrected chi connectivity index (χ1v) is 26.8. The van der Waals surface area contributed by atoms with Gasteiger partial charge in [0.05, 0.1) is 0 Å². The average molecular weight is 872 g/mol. The van der Waals surface area contributed by atoms with Crippen molar-refractivity contribution < 1.29 is 23.9 Å². The number of nitrogens with zero attached hydrogens (tertiary/aromatic N) is 3. The van der Waals surface area contributed by atoms with E-state index in [-0.39, 0.29) is 30.5 Å². The summed E-state index contributed by atoms with van der Waals surface area (Å²) in [7, 11) is 0. The van der Waals surface area contributed by atoms with Crippen molar-refractivity contribution in [2.45, 2.75) is 234 Å². The predicted molar refractivity (Wildman–Crippen MR) is 259 cm³/mol. The molecular weight excluding hydrogens is 775 g/mol. The Kier molecular flexibility index (Phi) is 43.0. The van der Waals surface area contributed by atoms with Gasteiger partial charge in [-0.15, -0.1) is 0 Å². The van der Waals surface area contributed by atoms with Crippen LogP contribution >= 0.6 is 24.4 Å². The maximum atomic E-state index is 13.7. The van der Waals surface area contributed by atoms with Gasteiger partial charge in [-0.1, -0.05) is 162 Å². The van der Waals surface area contributed by atoms with Crippen molar-refractivity contribution in [3.05, 3.63) is 0 Å². The molecule has 0 N–H and O–H groups in total. The molecule has 0 bridgehead atoms. The molecule has 0 aromatic carbocycles. The Bertz CT molecular complexity index is 943. The van der Waals surface area contributed by atoms with Crippen molar-refractivity contribution in [3.8, 4) is 0 Å². The molecule has 0 saturated carbocycles. The molecule has 0 heterocycles. The lowest BCUT2D eigenvalue weighted by atomic mass is 10.0. The van der Waals surface area contributed by atoms with Gasteiger partial charge in [-0.05, 0) is 116 Å². The number of hydrogen-bond acceptors (Lipinski definition) is 9. The van der Waals surface area contributed by atoms with Gasteiger partial charge < -0.3 is 24.2 Å². The molecule has 0 aliphatic rings. The van der Waals surface area contributed by atoms with E-state index >= 15 is 0 Å². The quantitative estimate of drug-likeness (QED) is 0.0368. The fourth-order valence-corrected chi connectivity index (χ4v) is 8.69. The standard InChI is InChI=1S/C49H97N3O5S2/c1-7-13-16-22-27-34-45(35-28-23-17-14-8-2)56-47(53)43-52(49(55)59-42-33-40-50(10-4)11-5)44-48(54)57-46(36-29-24-18-15-9-3)37-30-25-20-19-21-26-31-38-51(12-6)39-32-41-58/h45-46,58H,7-44H2,1-6H3. The van der Waals surface area contributed by atoms with Gasteiger partial charge in [0.1, 0.15) is 25.3 Å². The third kappa shape index (κ3) is 36.2. The van der Waals surface area contributed by atoms with E-state index in [1.165, 1.54) is 113 Å². The van der Waals surface area contributed by atoms with Gasteiger partial charge in [0.2, 0.25) is 0 Å². The van der Waals surface area contributed by atoms with Crippen molar-refractivity contribution in [2.24, 2.45) is 0 Å². The summed E-state index contributed by atoms with van der Waals surface area (Å²) in [4.78, 5) is 47.1. The molecule has 0 saturated heterocycles. The monoisotopic (exact) mass is 872 g/mol. The molecule has 0 rings (SSSR count). The summed E-state index contributed by atoms with van der Waals surface area (Å²) >= 11 is 5.57. The number of esters is 2. The molecule has 0 radical (unpaired) electrons. The number of carbonyl (C=O) groups is 3. The summed E-state index contributed by atoms with van der Waals surface area (Å²) in [6.07, 6.45) is 31.1. The number of rotatable bonds is 44. The zero-order chi connectivity index (χ0) is 43.6. The molecule has 1 amide bonds. The zero-order valence-electron chi connectivity index (χ0n) is 39.8. The van der Waals surface area contributed by atoms with E-state index in [0.717, 1.165) is 128 Å². The van der Waals surface area contributed by atoms with Gasteiger partial charge in [0.25, 0.3) is 5.24 Å². The van der Waals surface area contributed by atoms with Crippen molar-refractivity contribution in [2.75, 3.05) is 63.9 Å². The Morgan fingerprint density at radius 3 is 1.20 bits per heavy atom. The Hall–Kier alpha value is -0.970. The van der Waals surface area contributed by atoms with E-state index in [2.05, 4.69) is 64.0 Å². The molecule has 350 valence electrons. The van der Waals surface area contributed by atoms with Crippen LogP contribution in [0.2, 0.25) is 0 Å². The number of carbonyl (C=O) groups excluding carboxylic acids is 3. The summed E-state index contributed by atoms with van der Waals surface area (Å²) in [5, 5.41) is -0.245. The second kappa shape index (κ2) is 43.7. The third-order valence-electron chi connectivity index (χ3n) is 11.7. The van der Waals surface area contributed by atoms with Crippen molar-refractivity contribution in [3.63, 3.8) is 0 Å². The van der Waals surface area contributed by atoms with E-state index in [0.29, 0.717) is 5.75 Å². The van der Waals surface area contributed by atoms with Crippen LogP contribution in [0.4, 0.5) is 4.79 Å². The molecule has 59 heavy (non-hydrogen) atoms. The van der Waals surface area contributed by atoms with Crippen molar-refractivity contribution in [1.82, 2.24) is 14.7 Å². The fraction of sp³-hybridized carbons (Fsp3) is 0.939. The highest BCUT2D eigenvalue weighted by atomic mass is 32.2. The molecule has 0 spiro atoms. The summed E-state index contributed by atoms with van der Waals surface area (Å²) in [6, 6.07) is 0. The van der Waals surface area contributed by atoms with Crippen molar-refractivity contribution in [1.29, 1.82) is 0 Å². The topological polar surface area (TPSA) is 79.4 Å². The lowest BCUT2D eigenvalue weighted by molar-refractivity contribution is -0.153. The Morgan fingerprint density at radius 2 is 0.814 bits per heavy atom. The Morgan fingerprint density at radius 1 is 0.458 bits per heavy atom. The number of hydrogen-bond donors (Lipinski definition) is 1. The molecule has 0 fully saturated rings. The average Bonchev–Trinajstić information content (AvgIpc) is 3.23. The fourth-order valence-electron chi connectivity index (χ4n) is 7.79. The molecule has 1 atom stereocenters. The van der Waals surface area contributed by atoms with Crippen LogP contribution in [0.3, 0.4) is 0 Å². The summed E-state index contributed by atoms with van der Waals surface area (Å²) in [6.45, 7) is 19.1. The van der Waals surface area contributed by atoms with Crippen molar-refractivity contribution >= 4 is 41.6 Å². The van der Waals surface area contributed by atoms with Gasteiger partial charge in [-0.2, -0.15) is 12.6 Å². The maximum Gasteiger partial charge on any atom is 0.325 e. The minimum absolute atomic E-state index is 0.145. The first kappa shape index (κ1) is 58.0. The molecule has 0 aliphatic carbocycles. The Labute approximate surface area is 376 Å². The minimum Gasteiger partial charge on any atom is -0.461 e. The van der Waals surface area contributed by atoms with Crippen LogP contribution in [0.1, 0.15) is 221 Å². The first-order chi connectivity index (χ1) is 28.8. The number of ether oxygens (including phenoxy) is 2. The van der Waals surface area contributed by atoms with E-state index < -0.39 is 11.9 Å². The molecule has 0 aromatic heterocycles. The largest absolute Gasteiger partial charge is 0.461 e. The highest BCUT2D eigenvalue weighted by Crippen LogP contribution is 2.20. The van der Waals surface area contributed by atoms with Crippen LogP contribution in [0.25, 0.3) is 0 Å². The van der Waals surface area contributed by atoms with Crippen LogP contribution in [-0.4, -0.2) is 108 Å². The van der Waals surface area contributed by atoms with E-state index in [1.807, 2.05) is 0 Å². The predicted octanol–water partition coefficient (Wildman–Crippen LogP) is 13.5. The van der Waals surface area contributed by atoms with Crippen LogP contribution in [0.15, 0.2) is 0 Å². The third-order valence-corrected chi connectivity index (χ3v) is 13.0. The lowest BCUT2D eigenvalue weighted by Crippen LogP contribution is -2.40. The molecule has 0 aliphatic heterocycles. The summed E-state index contributed by atoms with van der Waals surface area (Å²) in [5.74, 6) is 0.778. The normalized spacial score (nSPS) is 12.2. The van der Waals surface area contributed by atoms with Gasteiger partial charge >= 0.3 is 11.9 Å². The summed E-state index contributed by atoms with van der Waals surface area (Å²) < 4.78 is 12.3. The highest BCUT2D eigenvalue weighted by Gasteiger charge is 2.25. The number of thioether (sulfide) groups is 1. The zero-order valence-corrected chi connectivity index (χ0v) is 41.5. The second-order valence-electron chi connectivity index (χ2n) is 17.0. The highest BCUT2D eigenvalue weighted by molar-refractivity contribution is 8.13. The smallest absolute Gasteiger partial charge is 0.325 e.